The summed E-state index contributed by atoms with van der Waals surface area (Å²) in [5.74, 6) is -0.259. The molecule has 2 fully saturated rings. The Labute approximate surface area is 175 Å². The van der Waals surface area contributed by atoms with Gasteiger partial charge >= 0.3 is 6.36 Å². The Morgan fingerprint density at radius 2 is 1.87 bits per heavy atom. The number of anilines is 1. The molecular weight excluding hydrogens is 415 g/mol. The number of fused-ring (bicyclic) bond motifs is 1. The number of nitrogens with zero attached hydrogens (tertiary/aromatic N) is 4. The minimum Gasteiger partial charge on any atom is -0.406 e. The van der Waals surface area contributed by atoms with Gasteiger partial charge in [-0.3, -0.25) is 0 Å². The fourth-order valence-electron chi connectivity index (χ4n) is 4.44. The molecule has 0 saturated carbocycles. The van der Waals surface area contributed by atoms with Gasteiger partial charge in [0.1, 0.15) is 5.75 Å². The predicted octanol–water partition coefficient (Wildman–Crippen LogP) is 4.33. The number of imidazole rings is 1. The van der Waals surface area contributed by atoms with Gasteiger partial charge in [0.25, 0.3) is 0 Å². The van der Waals surface area contributed by atoms with E-state index in [-0.39, 0.29) is 5.75 Å². The molecule has 0 unspecified atom stereocenters. The molecule has 160 valence electrons. The van der Waals surface area contributed by atoms with Crippen LogP contribution in [0.2, 0.25) is 0 Å². The highest BCUT2D eigenvalue weighted by molar-refractivity contribution is 7.20. The lowest BCUT2D eigenvalue weighted by Gasteiger charge is -2.44. The number of hydrogen-bond acceptors (Lipinski definition) is 6. The first-order valence-corrected chi connectivity index (χ1v) is 10.9. The lowest BCUT2D eigenvalue weighted by Crippen LogP contribution is -2.45. The second kappa shape index (κ2) is 7.42. The highest BCUT2D eigenvalue weighted by Gasteiger charge is 2.36. The second-order valence-electron chi connectivity index (χ2n) is 8.05. The second-order valence-corrected chi connectivity index (χ2v) is 8.99. The molecule has 10 heteroatoms. The third-order valence-electron chi connectivity index (χ3n) is 6.15. The molecule has 2 aliphatic rings. The van der Waals surface area contributed by atoms with Crippen LogP contribution in [0.1, 0.15) is 25.7 Å². The Morgan fingerprint density at radius 3 is 2.57 bits per heavy atom. The monoisotopic (exact) mass is 437 g/mol. The van der Waals surface area contributed by atoms with Crippen molar-refractivity contribution >= 4 is 21.4 Å². The van der Waals surface area contributed by atoms with Crippen molar-refractivity contribution in [2.24, 2.45) is 5.41 Å². The van der Waals surface area contributed by atoms with E-state index in [1.807, 2.05) is 0 Å². The van der Waals surface area contributed by atoms with E-state index in [2.05, 4.69) is 25.0 Å². The van der Waals surface area contributed by atoms with Crippen LogP contribution in [-0.2, 0) is 0 Å². The molecule has 4 heterocycles. The Morgan fingerprint density at radius 1 is 1.10 bits per heavy atom. The van der Waals surface area contributed by atoms with Crippen molar-refractivity contribution in [3.8, 4) is 17.0 Å². The van der Waals surface area contributed by atoms with E-state index in [0.717, 1.165) is 36.3 Å². The van der Waals surface area contributed by atoms with Gasteiger partial charge in [-0.15, -0.1) is 18.3 Å². The molecule has 2 saturated heterocycles. The van der Waals surface area contributed by atoms with E-state index >= 15 is 0 Å². The topological polar surface area (TPSA) is 54.7 Å². The number of benzene rings is 1. The van der Waals surface area contributed by atoms with Crippen LogP contribution in [-0.4, -0.2) is 47.1 Å². The Kier molecular flexibility index (Phi) is 4.85. The molecule has 0 amide bonds. The van der Waals surface area contributed by atoms with E-state index in [0.29, 0.717) is 16.7 Å². The predicted molar refractivity (Wildman–Crippen MR) is 109 cm³/mol. The zero-order valence-electron chi connectivity index (χ0n) is 16.3. The smallest absolute Gasteiger partial charge is 0.406 e. The molecule has 0 bridgehead atoms. The van der Waals surface area contributed by atoms with Crippen molar-refractivity contribution in [2.45, 2.75) is 32.0 Å². The molecule has 2 aliphatic heterocycles. The summed E-state index contributed by atoms with van der Waals surface area (Å²) in [5.41, 5.74) is 1.61. The summed E-state index contributed by atoms with van der Waals surface area (Å²) in [6.45, 7) is 4.23. The first-order chi connectivity index (χ1) is 14.4. The maximum Gasteiger partial charge on any atom is 0.573 e. The summed E-state index contributed by atoms with van der Waals surface area (Å²) < 4.78 is 43.1. The minimum atomic E-state index is -4.72. The molecule has 3 aromatic rings. The van der Waals surface area contributed by atoms with Gasteiger partial charge in [-0.25, -0.2) is 9.50 Å². The normalized spacial score (nSPS) is 19.5. The lowest BCUT2D eigenvalue weighted by atomic mass is 9.72. The molecule has 30 heavy (non-hydrogen) atoms. The van der Waals surface area contributed by atoms with E-state index in [9.17, 15) is 13.2 Å². The zero-order valence-corrected chi connectivity index (χ0v) is 17.1. The van der Waals surface area contributed by atoms with Crippen LogP contribution in [0, 0.1) is 5.41 Å². The summed E-state index contributed by atoms with van der Waals surface area (Å²) in [4.78, 5) is 7.62. The maximum atomic E-state index is 12.5. The third-order valence-corrected chi connectivity index (χ3v) is 7.14. The van der Waals surface area contributed by atoms with Crippen LogP contribution in [0.15, 0.2) is 30.5 Å². The highest BCUT2D eigenvalue weighted by atomic mass is 32.1. The molecule has 2 aromatic heterocycles. The van der Waals surface area contributed by atoms with E-state index < -0.39 is 6.36 Å². The summed E-state index contributed by atoms with van der Waals surface area (Å²) in [6.07, 6.45) is 1.91. The van der Waals surface area contributed by atoms with Gasteiger partial charge < -0.3 is 15.0 Å². The van der Waals surface area contributed by atoms with Crippen molar-refractivity contribution < 1.29 is 17.9 Å². The molecule has 0 radical (unpaired) electrons. The fraction of sp³-hybridized carbons (Fsp3) is 0.500. The van der Waals surface area contributed by atoms with E-state index in [4.69, 9.17) is 0 Å². The van der Waals surface area contributed by atoms with Crippen molar-refractivity contribution in [2.75, 3.05) is 31.1 Å². The highest BCUT2D eigenvalue weighted by Crippen LogP contribution is 2.41. The van der Waals surface area contributed by atoms with Gasteiger partial charge in [0.15, 0.2) is 0 Å². The number of piperidine rings is 2. The molecule has 0 atom stereocenters. The van der Waals surface area contributed by atoms with Gasteiger partial charge in [0, 0.05) is 18.7 Å². The van der Waals surface area contributed by atoms with Crippen LogP contribution in [0.4, 0.5) is 18.3 Å². The molecule has 5 rings (SSSR count). The van der Waals surface area contributed by atoms with Gasteiger partial charge in [-0.05, 0) is 56.3 Å². The standard InChI is InChI=1S/C20H22F3N5OS/c21-20(22,23)29-15-3-1-2-14(12-15)16-13-28-17(25-16)30-18(26-28)27-10-6-19(7-11-27)4-8-24-9-5-19/h1-3,12-13,24H,4-11H2. The van der Waals surface area contributed by atoms with E-state index in [1.54, 1.807) is 16.8 Å². The number of rotatable bonds is 3. The van der Waals surface area contributed by atoms with Gasteiger partial charge in [-0.1, -0.05) is 23.5 Å². The van der Waals surface area contributed by atoms with Crippen molar-refractivity contribution in [3.63, 3.8) is 0 Å². The first kappa shape index (κ1) is 19.6. The lowest BCUT2D eigenvalue weighted by molar-refractivity contribution is -0.274. The summed E-state index contributed by atoms with van der Waals surface area (Å²) in [5, 5.41) is 9.07. The van der Waals surface area contributed by atoms with E-state index in [1.165, 1.54) is 55.2 Å². The number of aromatic nitrogens is 3. The Hall–Kier alpha value is -2.33. The van der Waals surface area contributed by atoms with Crippen molar-refractivity contribution in [1.82, 2.24) is 19.9 Å². The molecule has 1 spiro atoms. The molecule has 1 N–H and O–H groups in total. The van der Waals surface area contributed by atoms with Crippen LogP contribution < -0.4 is 15.0 Å². The number of nitrogens with one attached hydrogen (secondary N) is 1. The third kappa shape index (κ3) is 3.98. The number of halogens is 3. The van der Waals surface area contributed by atoms with Crippen molar-refractivity contribution in [1.29, 1.82) is 0 Å². The molecule has 1 aromatic carbocycles. The van der Waals surface area contributed by atoms with Gasteiger partial charge in [0.2, 0.25) is 10.1 Å². The minimum absolute atomic E-state index is 0.259. The zero-order chi connectivity index (χ0) is 20.8. The number of ether oxygens (including phenoxy) is 1. The van der Waals surface area contributed by atoms with Crippen LogP contribution in [0.25, 0.3) is 16.2 Å². The largest absolute Gasteiger partial charge is 0.573 e. The van der Waals surface area contributed by atoms with Crippen LogP contribution >= 0.6 is 11.3 Å². The molecular formula is C20H22F3N5OS. The number of alkyl halides is 3. The van der Waals surface area contributed by atoms with Crippen LogP contribution in [0.5, 0.6) is 5.75 Å². The fourth-order valence-corrected chi connectivity index (χ4v) is 5.37. The summed E-state index contributed by atoms with van der Waals surface area (Å²) >= 11 is 1.51. The maximum absolute atomic E-state index is 12.5. The Bertz CT molecular complexity index is 999. The first-order valence-electron chi connectivity index (χ1n) is 10.1. The summed E-state index contributed by atoms with van der Waals surface area (Å²) in [7, 11) is 0. The molecule has 0 aliphatic carbocycles. The number of hydrogen-bond donors (Lipinski definition) is 1. The van der Waals surface area contributed by atoms with Gasteiger partial charge in [-0.2, -0.15) is 0 Å². The van der Waals surface area contributed by atoms with Crippen molar-refractivity contribution in [3.05, 3.63) is 30.5 Å². The quantitative estimate of drug-likeness (QED) is 0.661. The Balaban J connectivity index is 1.31. The average molecular weight is 437 g/mol. The SMILES string of the molecule is FC(F)(F)Oc1cccc(-c2cn3nc(N4CCC5(CCNCC5)CC4)sc3n2)c1. The molecule has 6 nitrogen and oxygen atoms in total. The van der Waals surface area contributed by atoms with Crippen LogP contribution in [0.3, 0.4) is 0 Å². The summed E-state index contributed by atoms with van der Waals surface area (Å²) in [6, 6.07) is 5.84. The average Bonchev–Trinajstić information content (AvgIpc) is 3.27. The van der Waals surface area contributed by atoms with Gasteiger partial charge in [0.05, 0.1) is 11.9 Å².